The maximum Gasteiger partial charge on any atom is 0.304 e. The SMILES string of the molecule is CC#C[C@@H](CC(=O)O)c1ccc(OCc2ccc3nc(-c4c(C)cccc4C)nn3c2)cc1. The Kier molecular flexibility index (Phi) is 6.41. The van der Waals surface area contributed by atoms with Gasteiger partial charge in [0, 0.05) is 17.3 Å². The van der Waals surface area contributed by atoms with Gasteiger partial charge < -0.3 is 9.84 Å². The minimum Gasteiger partial charge on any atom is -0.489 e. The van der Waals surface area contributed by atoms with E-state index in [1.54, 1.807) is 11.4 Å². The van der Waals surface area contributed by atoms with Gasteiger partial charge in [0.1, 0.15) is 12.4 Å². The van der Waals surface area contributed by atoms with Gasteiger partial charge in [-0.25, -0.2) is 9.50 Å². The van der Waals surface area contributed by atoms with Gasteiger partial charge in [0.2, 0.25) is 0 Å². The van der Waals surface area contributed by atoms with Crippen molar-refractivity contribution in [3.63, 3.8) is 0 Å². The monoisotopic (exact) mass is 439 g/mol. The van der Waals surface area contributed by atoms with Gasteiger partial charge in [0.25, 0.3) is 0 Å². The van der Waals surface area contributed by atoms with E-state index in [1.807, 2.05) is 48.7 Å². The number of aromatic nitrogens is 3. The van der Waals surface area contributed by atoms with Crippen molar-refractivity contribution in [1.29, 1.82) is 0 Å². The Morgan fingerprint density at radius 1 is 1.09 bits per heavy atom. The van der Waals surface area contributed by atoms with E-state index in [-0.39, 0.29) is 12.3 Å². The molecule has 0 saturated heterocycles. The number of carboxylic acids is 1. The zero-order chi connectivity index (χ0) is 23.4. The number of carbonyl (C=O) groups is 1. The molecule has 0 radical (unpaired) electrons. The lowest BCUT2D eigenvalue weighted by Gasteiger charge is -2.11. The van der Waals surface area contributed by atoms with E-state index >= 15 is 0 Å². The van der Waals surface area contributed by atoms with Crippen LogP contribution in [0.25, 0.3) is 17.0 Å². The molecule has 0 fully saturated rings. The predicted octanol–water partition coefficient (Wildman–Crippen LogP) is 5.17. The van der Waals surface area contributed by atoms with Crippen molar-refractivity contribution in [1.82, 2.24) is 14.6 Å². The van der Waals surface area contributed by atoms with Crippen LogP contribution in [0.4, 0.5) is 0 Å². The van der Waals surface area contributed by atoms with Crippen molar-refractivity contribution in [2.45, 2.75) is 39.7 Å². The van der Waals surface area contributed by atoms with Gasteiger partial charge in [-0.1, -0.05) is 42.3 Å². The molecule has 6 heteroatoms. The highest BCUT2D eigenvalue weighted by molar-refractivity contribution is 5.69. The van der Waals surface area contributed by atoms with Crippen molar-refractivity contribution in [2.75, 3.05) is 0 Å². The van der Waals surface area contributed by atoms with E-state index in [0.717, 1.165) is 33.5 Å². The van der Waals surface area contributed by atoms with Crippen molar-refractivity contribution in [2.24, 2.45) is 0 Å². The number of carboxylic acid groups (broad SMARTS) is 1. The van der Waals surface area contributed by atoms with Crippen molar-refractivity contribution in [3.05, 3.63) is 83.0 Å². The first-order chi connectivity index (χ1) is 15.9. The first-order valence-electron chi connectivity index (χ1n) is 10.7. The highest BCUT2D eigenvalue weighted by atomic mass is 16.5. The Morgan fingerprint density at radius 2 is 1.82 bits per heavy atom. The van der Waals surface area contributed by atoms with Crippen LogP contribution in [-0.2, 0) is 11.4 Å². The number of aryl methyl sites for hydroxylation is 2. The fraction of sp³-hybridized carbons (Fsp3) is 0.222. The van der Waals surface area contributed by atoms with Crippen molar-refractivity contribution >= 4 is 11.6 Å². The molecule has 0 amide bonds. The Hall–Kier alpha value is -4.11. The molecule has 6 nitrogen and oxygen atoms in total. The molecular weight excluding hydrogens is 414 g/mol. The van der Waals surface area contributed by atoms with Crippen LogP contribution in [-0.4, -0.2) is 25.7 Å². The van der Waals surface area contributed by atoms with Crippen LogP contribution in [0.15, 0.2) is 60.8 Å². The summed E-state index contributed by atoms with van der Waals surface area (Å²) in [5.74, 6) is 5.98. The molecule has 0 aliphatic carbocycles. The average molecular weight is 440 g/mol. The molecule has 4 aromatic rings. The van der Waals surface area contributed by atoms with Crippen molar-refractivity contribution < 1.29 is 14.6 Å². The fourth-order valence-electron chi connectivity index (χ4n) is 3.85. The van der Waals surface area contributed by atoms with E-state index < -0.39 is 5.97 Å². The minimum atomic E-state index is -0.868. The molecule has 2 heterocycles. The topological polar surface area (TPSA) is 76.7 Å². The van der Waals surface area contributed by atoms with Gasteiger partial charge in [0.05, 0.1) is 12.3 Å². The second-order valence-electron chi connectivity index (χ2n) is 7.94. The molecule has 2 aromatic heterocycles. The molecule has 0 saturated carbocycles. The summed E-state index contributed by atoms with van der Waals surface area (Å²) in [7, 11) is 0. The number of nitrogens with zero attached hydrogens (tertiary/aromatic N) is 3. The van der Waals surface area contributed by atoms with Crippen LogP contribution in [0.1, 0.15) is 41.5 Å². The van der Waals surface area contributed by atoms with Gasteiger partial charge >= 0.3 is 5.97 Å². The Labute approximate surface area is 192 Å². The summed E-state index contributed by atoms with van der Waals surface area (Å²) in [6, 6.07) is 17.5. The third-order valence-corrected chi connectivity index (χ3v) is 5.48. The number of ether oxygens (including phenoxy) is 1. The summed E-state index contributed by atoms with van der Waals surface area (Å²) in [5.41, 5.74) is 5.96. The number of aliphatic carboxylic acids is 1. The lowest BCUT2D eigenvalue weighted by atomic mass is 9.96. The lowest BCUT2D eigenvalue weighted by Crippen LogP contribution is -2.04. The van der Waals surface area contributed by atoms with Crippen LogP contribution in [0.5, 0.6) is 5.75 Å². The summed E-state index contributed by atoms with van der Waals surface area (Å²) >= 11 is 0. The summed E-state index contributed by atoms with van der Waals surface area (Å²) in [4.78, 5) is 15.8. The molecule has 33 heavy (non-hydrogen) atoms. The zero-order valence-electron chi connectivity index (χ0n) is 18.9. The van der Waals surface area contributed by atoms with E-state index in [1.165, 1.54) is 0 Å². The number of hydrogen-bond donors (Lipinski definition) is 1. The van der Waals surface area contributed by atoms with Gasteiger partial charge in [-0.15, -0.1) is 11.0 Å². The molecule has 0 aliphatic rings. The Bertz CT molecular complexity index is 1340. The first kappa shape index (κ1) is 22.1. The number of hydrogen-bond acceptors (Lipinski definition) is 4. The summed E-state index contributed by atoms with van der Waals surface area (Å²) in [6.45, 7) is 6.22. The van der Waals surface area contributed by atoms with Crippen LogP contribution in [0, 0.1) is 25.7 Å². The number of benzene rings is 2. The Balaban J connectivity index is 1.48. The van der Waals surface area contributed by atoms with E-state index in [4.69, 9.17) is 9.84 Å². The normalized spacial score (nSPS) is 11.6. The summed E-state index contributed by atoms with van der Waals surface area (Å²) in [5, 5.41) is 13.8. The maximum absolute atomic E-state index is 11.1. The van der Waals surface area contributed by atoms with E-state index in [2.05, 4.69) is 47.9 Å². The number of rotatable bonds is 7. The summed E-state index contributed by atoms with van der Waals surface area (Å²) in [6.07, 6.45) is 1.90. The van der Waals surface area contributed by atoms with Crippen LogP contribution < -0.4 is 4.74 Å². The second-order valence-corrected chi connectivity index (χ2v) is 7.94. The molecule has 0 aliphatic heterocycles. The smallest absolute Gasteiger partial charge is 0.304 e. The third-order valence-electron chi connectivity index (χ3n) is 5.48. The van der Waals surface area contributed by atoms with Gasteiger partial charge in [0.15, 0.2) is 11.5 Å². The van der Waals surface area contributed by atoms with Crippen LogP contribution in [0.2, 0.25) is 0 Å². The number of fused-ring (bicyclic) bond motifs is 1. The molecule has 2 aromatic carbocycles. The van der Waals surface area contributed by atoms with Gasteiger partial charge in [-0.2, -0.15) is 0 Å². The van der Waals surface area contributed by atoms with Gasteiger partial charge in [-0.3, -0.25) is 4.79 Å². The van der Waals surface area contributed by atoms with Gasteiger partial charge in [-0.05, 0) is 55.7 Å². The molecule has 166 valence electrons. The fourth-order valence-corrected chi connectivity index (χ4v) is 3.85. The molecule has 1 N–H and O–H groups in total. The molecule has 0 unspecified atom stereocenters. The van der Waals surface area contributed by atoms with E-state index in [9.17, 15) is 4.79 Å². The summed E-state index contributed by atoms with van der Waals surface area (Å²) < 4.78 is 7.71. The maximum atomic E-state index is 11.1. The van der Waals surface area contributed by atoms with Crippen LogP contribution >= 0.6 is 0 Å². The zero-order valence-corrected chi connectivity index (χ0v) is 18.9. The first-order valence-corrected chi connectivity index (χ1v) is 10.7. The molecular formula is C27H25N3O3. The molecule has 4 rings (SSSR count). The predicted molar refractivity (Wildman–Crippen MR) is 127 cm³/mol. The molecule has 1 atom stereocenters. The highest BCUT2D eigenvalue weighted by Gasteiger charge is 2.14. The third kappa shape index (κ3) is 5.04. The lowest BCUT2D eigenvalue weighted by molar-refractivity contribution is -0.137. The standard InChI is InChI=1S/C27H25N3O3/c1-4-6-22(15-25(31)32)21-10-12-23(13-11-21)33-17-20-9-14-24-28-27(29-30(24)16-20)26-18(2)7-5-8-19(26)3/h5,7-14,16,22H,15,17H2,1-3H3,(H,31,32)/t22-/m0/s1. The van der Waals surface area contributed by atoms with Crippen LogP contribution in [0.3, 0.4) is 0 Å². The van der Waals surface area contributed by atoms with Crippen molar-refractivity contribution in [3.8, 4) is 29.0 Å². The van der Waals surface area contributed by atoms with E-state index in [0.29, 0.717) is 18.2 Å². The number of pyridine rings is 1. The molecule has 0 bridgehead atoms. The largest absolute Gasteiger partial charge is 0.489 e. The average Bonchev–Trinajstić information content (AvgIpc) is 3.20. The second kappa shape index (κ2) is 9.58. The minimum absolute atomic E-state index is 0.0248. The molecule has 0 spiro atoms. The quantitative estimate of drug-likeness (QED) is 0.402. The Morgan fingerprint density at radius 3 is 2.48 bits per heavy atom. The highest BCUT2D eigenvalue weighted by Crippen LogP contribution is 2.25.